The number of hydrogen-bond donors (Lipinski definition) is 0. The summed E-state index contributed by atoms with van der Waals surface area (Å²) in [7, 11) is 1.76. The van der Waals surface area contributed by atoms with Crippen LogP contribution in [0.1, 0.15) is 44.2 Å². The SMILES string of the molecule is CC(C)c1nc(-c2ncn3c2CN(C)C(=O)C2=C(Cl)CCC=C23)no1. The van der Waals surface area contributed by atoms with E-state index in [-0.39, 0.29) is 11.8 Å². The maximum Gasteiger partial charge on any atom is 0.257 e. The monoisotopic (exact) mass is 359 g/mol. The third-order valence-electron chi connectivity index (χ3n) is 4.45. The molecule has 25 heavy (non-hydrogen) atoms. The molecule has 4 rings (SSSR count). The molecule has 2 aromatic rings. The Hall–Kier alpha value is -2.41. The molecule has 1 amide bonds. The lowest BCUT2D eigenvalue weighted by Crippen LogP contribution is -2.27. The van der Waals surface area contributed by atoms with Crippen LogP contribution in [-0.4, -0.2) is 37.5 Å². The summed E-state index contributed by atoms with van der Waals surface area (Å²) in [4.78, 5) is 23.3. The van der Waals surface area contributed by atoms with E-state index in [0.29, 0.717) is 41.0 Å². The minimum absolute atomic E-state index is 0.0819. The normalized spacial score (nSPS) is 17.6. The minimum Gasteiger partial charge on any atom is -0.339 e. The van der Waals surface area contributed by atoms with E-state index in [4.69, 9.17) is 16.1 Å². The van der Waals surface area contributed by atoms with Gasteiger partial charge in [-0.15, -0.1) is 0 Å². The summed E-state index contributed by atoms with van der Waals surface area (Å²) in [6.45, 7) is 4.37. The number of allylic oxidation sites excluding steroid dienone is 2. The topological polar surface area (TPSA) is 77.1 Å². The molecule has 0 N–H and O–H groups in total. The maximum absolute atomic E-state index is 12.8. The Morgan fingerprint density at radius 3 is 2.88 bits per heavy atom. The average Bonchev–Trinajstić information content (AvgIpc) is 3.18. The maximum atomic E-state index is 12.8. The Labute approximate surface area is 150 Å². The van der Waals surface area contributed by atoms with Crippen molar-refractivity contribution in [3.63, 3.8) is 0 Å². The second kappa shape index (κ2) is 5.84. The van der Waals surface area contributed by atoms with Crippen molar-refractivity contribution in [3.05, 3.63) is 34.6 Å². The van der Waals surface area contributed by atoms with Crippen LogP contribution in [0.4, 0.5) is 0 Å². The largest absolute Gasteiger partial charge is 0.339 e. The van der Waals surface area contributed by atoms with Crippen LogP contribution < -0.4 is 0 Å². The Bertz CT molecular complexity index is 921. The molecule has 2 aliphatic rings. The number of imidazole rings is 1. The highest BCUT2D eigenvalue weighted by molar-refractivity contribution is 6.34. The highest BCUT2D eigenvalue weighted by Crippen LogP contribution is 2.37. The first kappa shape index (κ1) is 16.1. The van der Waals surface area contributed by atoms with Crippen molar-refractivity contribution in [1.29, 1.82) is 0 Å². The van der Waals surface area contributed by atoms with Crippen molar-refractivity contribution < 1.29 is 9.32 Å². The summed E-state index contributed by atoms with van der Waals surface area (Å²) in [5, 5.41) is 4.66. The number of rotatable bonds is 2. The summed E-state index contributed by atoms with van der Waals surface area (Å²) >= 11 is 6.37. The van der Waals surface area contributed by atoms with E-state index in [1.165, 1.54) is 0 Å². The Balaban J connectivity index is 1.87. The van der Waals surface area contributed by atoms with Gasteiger partial charge in [0.1, 0.15) is 12.0 Å². The molecule has 0 atom stereocenters. The van der Waals surface area contributed by atoms with Gasteiger partial charge in [0.25, 0.3) is 5.91 Å². The molecule has 130 valence electrons. The zero-order valence-corrected chi connectivity index (χ0v) is 15.0. The van der Waals surface area contributed by atoms with E-state index in [1.54, 1.807) is 18.3 Å². The smallest absolute Gasteiger partial charge is 0.257 e. The third-order valence-corrected chi connectivity index (χ3v) is 4.83. The van der Waals surface area contributed by atoms with E-state index < -0.39 is 0 Å². The Morgan fingerprint density at radius 1 is 1.36 bits per heavy atom. The molecule has 2 aromatic heterocycles. The third kappa shape index (κ3) is 2.50. The standard InChI is InChI=1S/C17H18ClN5O2/c1-9(2)16-20-15(21-25-16)14-12-7-22(3)17(24)13-10(18)5-4-6-11(13)23(12)8-19-14/h6,8-9H,4-5,7H2,1-3H3. The molecule has 0 spiro atoms. The average molecular weight is 360 g/mol. The zero-order chi connectivity index (χ0) is 17.7. The van der Waals surface area contributed by atoms with E-state index in [0.717, 1.165) is 17.8 Å². The molecule has 0 fully saturated rings. The molecule has 1 aliphatic heterocycles. The number of hydrogen-bond acceptors (Lipinski definition) is 5. The molecule has 3 heterocycles. The van der Waals surface area contributed by atoms with Crippen LogP contribution >= 0.6 is 11.6 Å². The quantitative estimate of drug-likeness (QED) is 0.823. The van der Waals surface area contributed by atoms with Crippen molar-refractivity contribution in [2.45, 2.75) is 39.2 Å². The van der Waals surface area contributed by atoms with Crippen molar-refractivity contribution >= 4 is 23.2 Å². The van der Waals surface area contributed by atoms with Gasteiger partial charge in [-0.3, -0.25) is 4.79 Å². The lowest BCUT2D eigenvalue weighted by Gasteiger charge is -2.19. The fourth-order valence-electron chi connectivity index (χ4n) is 3.12. The number of carbonyl (C=O) groups is 1. The summed E-state index contributed by atoms with van der Waals surface area (Å²) in [5.74, 6) is 1.06. The molecule has 0 bridgehead atoms. The fraction of sp³-hybridized carbons (Fsp3) is 0.412. The summed E-state index contributed by atoms with van der Waals surface area (Å²) in [5.41, 5.74) is 2.81. The van der Waals surface area contributed by atoms with Gasteiger partial charge < -0.3 is 14.0 Å². The predicted octanol–water partition coefficient (Wildman–Crippen LogP) is 3.16. The number of likely N-dealkylation sites (N-methyl/N-ethyl adjacent to an activating group) is 1. The molecule has 0 aromatic carbocycles. The lowest BCUT2D eigenvalue weighted by atomic mass is 10.0. The number of halogens is 1. The highest BCUT2D eigenvalue weighted by atomic mass is 35.5. The van der Waals surface area contributed by atoms with Gasteiger partial charge in [-0.2, -0.15) is 4.98 Å². The molecular formula is C17H18ClN5O2. The Kier molecular flexibility index (Phi) is 3.76. The molecule has 0 radical (unpaired) electrons. The van der Waals surface area contributed by atoms with Crippen LogP contribution in [0, 0.1) is 0 Å². The van der Waals surface area contributed by atoms with Crippen molar-refractivity contribution in [3.8, 4) is 11.5 Å². The Morgan fingerprint density at radius 2 is 2.16 bits per heavy atom. The van der Waals surface area contributed by atoms with Gasteiger partial charge in [-0.05, 0) is 12.8 Å². The zero-order valence-electron chi connectivity index (χ0n) is 14.3. The van der Waals surface area contributed by atoms with Gasteiger partial charge in [-0.25, -0.2) is 4.98 Å². The number of nitrogens with zero attached hydrogens (tertiary/aromatic N) is 5. The van der Waals surface area contributed by atoms with Gasteiger partial charge in [0.05, 0.1) is 23.5 Å². The molecule has 0 saturated carbocycles. The van der Waals surface area contributed by atoms with Gasteiger partial charge in [0.15, 0.2) is 0 Å². The summed E-state index contributed by atoms with van der Waals surface area (Å²) in [6.07, 6.45) is 5.20. The highest BCUT2D eigenvalue weighted by Gasteiger charge is 2.33. The lowest BCUT2D eigenvalue weighted by molar-refractivity contribution is -0.125. The van der Waals surface area contributed by atoms with Crippen molar-refractivity contribution in [2.75, 3.05) is 7.05 Å². The van der Waals surface area contributed by atoms with E-state index >= 15 is 0 Å². The first-order valence-corrected chi connectivity index (χ1v) is 8.60. The minimum atomic E-state index is -0.0819. The number of fused-ring (bicyclic) bond motifs is 3. The van der Waals surface area contributed by atoms with Crippen LogP contribution in [0.3, 0.4) is 0 Å². The molecule has 7 nitrogen and oxygen atoms in total. The van der Waals surface area contributed by atoms with Crippen LogP contribution in [-0.2, 0) is 11.3 Å². The molecule has 0 unspecified atom stereocenters. The molecule has 8 heteroatoms. The predicted molar refractivity (Wildman–Crippen MR) is 92.5 cm³/mol. The van der Waals surface area contributed by atoms with Crippen LogP contribution in [0.25, 0.3) is 17.2 Å². The van der Waals surface area contributed by atoms with Crippen LogP contribution in [0.15, 0.2) is 27.5 Å². The van der Waals surface area contributed by atoms with Gasteiger partial charge in [-0.1, -0.05) is 36.7 Å². The number of amides is 1. The van der Waals surface area contributed by atoms with E-state index in [9.17, 15) is 4.79 Å². The van der Waals surface area contributed by atoms with Crippen LogP contribution in [0.5, 0.6) is 0 Å². The van der Waals surface area contributed by atoms with E-state index in [2.05, 4.69) is 15.1 Å². The summed E-state index contributed by atoms with van der Waals surface area (Å²) in [6, 6.07) is 0. The number of carbonyl (C=O) groups excluding carboxylic acids is 1. The van der Waals surface area contributed by atoms with Crippen LogP contribution in [0.2, 0.25) is 0 Å². The second-order valence-electron chi connectivity index (χ2n) is 6.59. The van der Waals surface area contributed by atoms with Gasteiger partial charge in [0.2, 0.25) is 11.7 Å². The molecule has 0 saturated heterocycles. The van der Waals surface area contributed by atoms with Gasteiger partial charge >= 0.3 is 0 Å². The summed E-state index contributed by atoms with van der Waals surface area (Å²) < 4.78 is 7.22. The van der Waals surface area contributed by atoms with Gasteiger partial charge in [0, 0.05) is 18.0 Å². The second-order valence-corrected chi connectivity index (χ2v) is 7.05. The fourth-order valence-corrected chi connectivity index (χ4v) is 3.41. The first-order valence-electron chi connectivity index (χ1n) is 8.22. The molecular weight excluding hydrogens is 342 g/mol. The molecule has 1 aliphatic carbocycles. The van der Waals surface area contributed by atoms with Crippen molar-refractivity contribution in [1.82, 2.24) is 24.6 Å². The van der Waals surface area contributed by atoms with Crippen molar-refractivity contribution in [2.24, 2.45) is 0 Å². The van der Waals surface area contributed by atoms with E-state index in [1.807, 2.05) is 24.5 Å². The first-order chi connectivity index (χ1) is 12.0. The number of aromatic nitrogens is 4.